The van der Waals surface area contributed by atoms with E-state index in [2.05, 4.69) is 27.1 Å². The van der Waals surface area contributed by atoms with E-state index < -0.39 is 0 Å². The Morgan fingerprint density at radius 1 is 0.963 bits per heavy atom. The van der Waals surface area contributed by atoms with Gasteiger partial charge in [-0.3, -0.25) is 9.59 Å². The summed E-state index contributed by atoms with van der Waals surface area (Å²) in [6.07, 6.45) is 0. The van der Waals surface area contributed by atoms with Gasteiger partial charge in [0.15, 0.2) is 0 Å². The summed E-state index contributed by atoms with van der Waals surface area (Å²) < 4.78 is 2.05. The Balaban J connectivity index is 1.41. The zero-order chi connectivity index (χ0) is 18.8. The highest BCUT2D eigenvalue weighted by molar-refractivity contribution is 6.03. The highest BCUT2D eigenvalue weighted by Gasteiger charge is 2.21. The van der Waals surface area contributed by atoms with Gasteiger partial charge in [0.25, 0.3) is 11.8 Å². The minimum absolute atomic E-state index is 0.0501. The Bertz CT molecular complexity index is 835. The number of nitrogens with one attached hydrogen (secondary N) is 2. The molecule has 1 saturated heterocycles. The third kappa shape index (κ3) is 3.74. The van der Waals surface area contributed by atoms with E-state index >= 15 is 0 Å². The molecule has 0 saturated carbocycles. The van der Waals surface area contributed by atoms with Gasteiger partial charge in [-0.25, -0.2) is 0 Å². The lowest BCUT2D eigenvalue weighted by Crippen LogP contribution is -2.47. The molecule has 142 valence electrons. The molecule has 1 aromatic carbocycles. The van der Waals surface area contributed by atoms with Gasteiger partial charge in [-0.1, -0.05) is 0 Å². The number of piperazine rings is 1. The lowest BCUT2D eigenvalue weighted by atomic mass is 10.1. The summed E-state index contributed by atoms with van der Waals surface area (Å²) in [4.78, 5) is 29.3. The molecule has 0 radical (unpaired) electrons. The van der Waals surface area contributed by atoms with Crippen molar-refractivity contribution in [2.24, 2.45) is 0 Å². The molecule has 2 amide bonds. The summed E-state index contributed by atoms with van der Waals surface area (Å²) in [6, 6.07) is 11.0. The van der Waals surface area contributed by atoms with Crippen molar-refractivity contribution in [1.82, 2.24) is 19.7 Å². The molecule has 2 aromatic rings. The van der Waals surface area contributed by atoms with E-state index in [4.69, 9.17) is 0 Å². The summed E-state index contributed by atoms with van der Waals surface area (Å²) in [6.45, 7) is 5.75. The molecule has 0 spiro atoms. The number of hydrogen-bond acceptors (Lipinski definition) is 4. The number of aromatic nitrogens is 1. The molecule has 2 aliphatic heterocycles. The van der Waals surface area contributed by atoms with Crippen molar-refractivity contribution in [2.45, 2.75) is 13.1 Å². The van der Waals surface area contributed by atoms with Gasteiger partial charge < -0.3 is 25.0 Å². The molecule has 4 rings (SSSR count). The van der Waals surface area contributed by atoms with Crippen molar-refractivity contribution in [3.05, 3.63) is 53.3 Å². The number of amides is 2. The minimum atomic E-state index is -0.124. The summed E-state index contributed by atoms with van der Waals surface area (Å²) in [7, 11) is 2.07. The molecule has 1 aromatic heterocycles. The number of hydrogen-bond donors (Lipinski definition) is 2. The van der Waals surface area contributed by atoms with E-state index in [1.54, 1.807) is 24.3 Å². The molecule has 0 bridgehead atoms. The average Bonchev–Trinajstić information content (AvgIpc) is 3.13. The topological polar surface area (TPSA) is 69.6 Å². The van der Waals surface area contributed by atoms with Crippen LogP contribution >= 0.6 is 0 Å². The number of nitrogens with zero attached hydrogens (tertiary/aromatic N) is 3. The van der Waals surface area contributed by atoms with Crippen molar-refractivity contribution in [1.29, 1.82) is 0 Å². The van der Waals surface area contributed by atoms with Gasteiger partial charge in [0.2, 0.25) is 0 Å². The first kappa shape index (κ1) is 17.8. The van der Waals surface area contributed by atoms with Crippen LogP contribution in [0.5, 0.6) is 0 Å². The predicted octanol–water partition coefficient (Wildman–Crippen LogP) is 1.23. The number of likely N-dealkylation sites (N-methyl/N-ethyl adjacent to an activating group) is 1. The zero-order valence-corrected chi connectivity index (χ0v) is 15.6. The van der Waals surface area contributed by atoms with Gasteiger partial charge >= 0.3 is 0 Å². The molecule has 1 fully saturated rings. The van der Waals surface area contributed by atoms with Crippen molar-refractivity contribution >= 4 is 17.5 Å². The highest BCUT2D eigenvalue weighted by atomic mass is 16.2. The summed E-state index contributed by atoms with van der Waals surface area (Å²) in [5.74, 6) is -0.0737. The van der Waals surface area contributed by atoms with E-state index in [0.717, 1.165) is 51.5 Å². The fraction of sp³-hybridized carbons (Fsp3) is 0.400. The van der Waals surface area contributed by atoms with Gasteiger partial charge in [0.1, 0.15) is 5.69 Å². The van der Waals surface area contributed by atoms with Crippen molar-refractivity contribution in [3.8, 4) is 0 Å². The molecule has 27 heavy (non-hydrogen) atoms. The third-order valence-corrected chi connectivity index (χ3v) is 5.30. The first-order valence-electron chi connectivity index (χ1n) is 9.40. The second kappa shape index (κ2) is 7.54. The second-order valence-electron chi connectivity index (χ2n) is 7.17. The van der Waals surface area contributed by atoms with Crippen LogP contribution in [0.2, 0.25) is 0 Å². The lowest BCUT2D eigenvalue weighted by molar-refractivity contribution is 0.0664. The monoisotopic (exact) mass is 367 g/mol. The maximum atomic E-state index is 12.6. The average molecular weight is 367 g/mol. The third-order valence-electron chi connectivity index (χ3n) is 5.30. The van der Waals surface area contributed by atoms with Crippen LogP contribution in [0.25, 0.3) is 0 Å². The van der Waals surface area contributed by atoms with Crippen molar-refractivity contribution in [2.75, 3.05) is 45.1 Å². The van der Waals surface area contributed by atoms with Crippen LogP contribution < -0.4 is 10.6 Å². The number of rotatable bonds is 3. The van der Waals surface area contributed by atoms with Crippen LogP contribution in [-0.2, 0) is 13.1 Å². The molecule has 0 atom stereocenters. The quantitative estimate of drug-likeness (QED) is 0.856. The summed E-state index contributed by atoms with van der Waals surface area (Å²) in [5.41, 5.74) is 3.15. The maximum Gasteiger partial charge on any atom is 0.272 e. The molecule has 7 nitrogen and oxygen atoms in total. The molecule has 2 aliphatic rings. The van der Waals surface area contributed by atoms with Crippen LogP contribution in [0, 0.1) is 0 Å². The fourth-order valence-electron chi connectivity index (χ4n) is 3.62. The lowest BCUT2D eigenvalue weighted by Gasteiger charge is -2.32. The van der Waals surface area contributed by atoms with Crippen molar-refractivity contribution in [3.63, 3.8) is 0 Å². The smallest absolute Gasteiger partial charge is 0.272 e. The Morgan fingerprint density at radius 2 is 1.70 bits per heavy atom. The predicted molar refractivity (Wildman–Crippen MR) is 104 cm³/mol. The Labute approximate surface area is 158 Å². The minimum Gasteiger partial charge on any atom is -0.338 e. The largest absolute Gasteiger partial charge is 0.338 e. The van der Waals surface area contributed by atoms with Crippen LogP contribution in [0.1, 0.15) is 26.5 Å². The van der Waals surface area contributed by atoms with Crippen molar-refractivity contribution < 1.29 is 9.59 Å². The number of fused-ring (bicyclic) bond motifs is 1. The standard InChI is InChI=1S/C20H25N5O2/c1-23-10-12-24(13-11-23)20(27)15-2-4-16(5-3-15)22-19(26)18-7-6-17-14-21-8-9-25(17)18/h2-7,21H,8-14H2,1H3,(H,22,26). The molecule has 0 aliphatic carbocycles. The molecular weight excluding hydrogens is 342 g/mol. The number of carbonyl (C=O) groups is 2. The number of carbonyl (C=O) groups excluding carboxylic acids is 2. The second-order valence-corrected chi connectivity index (χ2v) is 7.17. The summed E-state index contributed by atoms with van der Waals surface area (Å²) in [5, 5.41) is 6.23. The van der Waals surface area contributed by atoms with E-state index in [0.29, 0.717) is 16.9 Å². The van der Waals surface area contributed by atoms with Gasteiger partial charge in [0.05, 0.1) is 0 Å². The Hall–Kier alpha value is -2.64. The maximum absolute atomic E-state index is 12.6. The first-order chi connectivity index (χ1) is 13.1. The van der Waals surface area contributed by atoms with Crippen LogP contribution in [0.15, 0.2) is 36.4 Å². The zero-order valence-electron chi connectivity index (χ0n) is 15.6. The number of anilines is 1. The van der Waals surface area contributed by atoms with Gasteiger partial charge in [-0.2, -0.15) is 0 Å². The number of benzene rings is 1. The van der Waals surface area contributed by atoms with E-state index in [1.807, 2.05) is 17.0 Å². The molecular formula is C20H25N5O2. The van der Waals surface area contributed by atoms with E-state index in [1.165, 1.54) is 0 Å². The van der Waals surface area contributed by atoms with Gasteiger partial charge in [-0.05, 0) is 43.4 Å². The van der Waals surface area contributed by atoms with Crippen LogP contribution in [0.3, 0.4) is 0 Å². The fourth-order valence-corrected chi connectivity index (χ4v) is 3.62. The Kier molecular flexibility index (Phi) is 4.96. The van der Waals surface area contributed by atoms with Crippen LogP contribution in [0.4, 0.5) is 5.69 Å². The SMILES string of the molecule is CN1CCN(C(=O)c2ccc(NC(=O)c3ccc4n3CCNC4)cc2)CC1. The van der Waals surface area contributed by atoms with E-state index in [-0.39, 0.29) is 11.8 Å². The van der Waals surface area contributed by atoms with Gasteiger partial charge in [0, 0.05) is 62.8 Å². The summed E-state index contributed by atoms with van der Waals surface area (Å²) >= 11 is 0. The molecule has 7 heteroatoms. The molecule has 2 N–H and O–H groups in total. The normalized spacial score (nSPS) is 17.4. The molecule has 0 unspecified atom stereocenters. The van der Waals surface area contributed by atoms with Gasteiger partial charge in [-0.15, -0.1) is 0 Å². The van der Waals surface area contributed by atoms with E-state index in [9.17, 15) is 9.59 Å². The molecule has 3 heterocycles. The Morgan fingerprint density at radius 3 is 2.44 bits per heavy atom. The first-order valence-corrected chi connectivity index (χ1v) is 9.40. The van der Waals surface area contributed by atoms with Crippen LogP contribution in [-0.4, -0.2) is 66.0 Å². The highest BCUT2D eigenvalue weighted by Crippen LogP contribution is 2.17.